The van der Waals surface area contributed by atoms with Crippen molar-refractivity contribution in [2.24, 2.45) is 0 Å². The van der Waals surface area contributed by atoms with E-state index < -0.39 is 0 Å². The molecule has 0 saturated heterocycles. The predicted molar refractivity (Wildman–Crippen MR) is 64.5 cm³/mol. The van der Waals surface area contributed by atoms with Gasteiger partial charge in [-0.2, -0.15) is 0 Å². The second-order valence-corrected chi connectivity index (χ2v) is 3.40. The number of benzene rings is 1. The second-order valence-electron chi connectivity index (χ2n) is 3.40. The zero-order valence-corrected chi connectivity index (χ0v) is 9.91. The van der Waals surface area contributed by atoms with E-state index in [1.165, 1.54) is 6.92 Å². The van der Waals surface area contributed by atoms with Crippen molar-refractivity contribution in [1.82, 2.24) is 5.32 Å². The average molecular weight is 233 g/mol. The van der Waals surface area contributed by atoms with Gasteiger partial charge < -0.3 is 15.2 Å². The van der Waals surface area contributed by atoms with Gasteiger partial charge in [0, 0.05) is 6.92 Å². The van der Waals surface area contributed by atoms with Crippen molar-refractivity contribution in [3.05, 3.63) is 29.3 Å². The summed E-state index contributed by atoms with van der Waals surface area (Å²) in [6.07, 6.45) is 0. The Hall–Kier alpha value is -1.99. The number of ether oxygens (including phenoxy) is 1. The normalized spacial score (nSPS) is 9.12. The SMILES string of the molecule is COc1ccc(CO)cc1C#CCNC(C)=O. The summed E-state index contributed by atoms with van der Waals surface area (Å²) in [6, 6.07) is 5.30. The third-order valence-electron chi connectivity index (χ3n) is 2.10. The first-order valence-electron chi connectivity index (χ1n) is 5.18. The minimum atomic E-state index is -0.115. The fourth-order valence-corrected chi connectivity index (χ4v) is 1.26. The Kier molecular flexibility index (Phi) is 5.05. The molecule has 1 aromatic rings. The van der Waals surface area contributed by atoms with Gasteiger partial charge in [0.15, 0.2) is 0 Å². The van der Waals surface area contributed by atoms with E-state index in [1.54, 1.807) is 25.3 Å². The van der Waals surface area contributed by atoms with Crippen LogP contribution >= 0.6 is 0 Å². The number of aliphatic hydroxyl groups is 1. The zero-order valence-electron chi connectivity index (χ0n) is 9.91. The number of carbonyl (C=O) groups is 1. The Labute approximate surface area is 101 Å². The van der Waals surface area contributed by atoms with Crippen LogP contribution < -0.4 is 10.1 Å². The molecule has 0 bridgehead atoms. The maximum atomic E-state index is 10.6. The summed E-state index contributed by atoms with van der Waals surface area (Å²) in [5.74, 6) is 6.24. The molecule has 1 aromatic carbocycles. The van der Waals surface area contributed by atoms with Crippen LogP contribution in [0.4, 0.5) is 0 Å². The Balaban J connectivity index is 2.83. The van der Waals surface area contributed by atoms with Gasteiger partial charge >= 0.3 is 0 Å². The molecular formula is C13H15NO3. The number of hydrogen-bond donors (Lipinski definition) is 2. The van der Waals surface area contributed by atoms with E-state index in [-0.39, 0.29) is 12.5 Å². The molecule has 0 fully saturated rings. The van der Waals surface area contributed by atoms with Crippen molar-refractivity contribution in [1.29, 1.82) is 0 Å². The Morgan fingerprint density at radius 3 is 2.88 bits per heavy atom. The lowest BCUT2D eigenvalue weighted by molar-refractivity contribution is -0.118. The molecular weight excluding hydrogens is 218 g/mol. The van der Waals surface area contributed by atoms with Gasteiger partial charge in [-0.05, 0) is 17.7 Å². The molecule has 4 heteroatoms. The molecule has 0 atom stereocenters. The molecule has 0 aliphatic carbocycles. The van der Waals surface area contributed by atoms with Gasteiger partial charge in [0.05, 0.1) is 25.8 Å². The summed E-state index contributed by atoms with van der Waals surface area (Å²) in [5, 5.41) is 11.6. The Bertz CT molecular complexity index is 457. The summed E-state index contributed by atoms with van der Waals surface area (Å²) >= 11 is 0. The van der Waals surface area contributed by atoms with Crippen LogP contribution in [-0.4, -0.2) is 24.7 Å². The van der Waals surface area contributed by atoms with Crippen LogP contribution in [0.25, 0.3) is 0 Å². The predicted octanol–water partition coefficient (Wildman–Crippen LogP) is 0.675. The quantitative estimate of drug-likeness (QED) is 0.755. The summed E-state index contributed by atoms with van der Waals surface area (Å²) in [4.78, 5) is 10.6. The molecule has 0 unspecified atom stereocenters. The van der Waals surface area contributed by atoms with E-state index in [0.29, 0.717) is 17.9 Å². The third kappa shape index (κ3) is 4.17. The van der Waals surface area contributed by atoms with E-state index in [4.69, 9.17) is 9.84 Å². The molecule has 17 heavy (non-hydrogen) atoms. The molecule has 90 valence electrons. The molecule has 0 saturated carbocycles. The van der Waals surface area contributed by atoms with Gasteiger partial charge in [0.2, 0.25) is 5.91 Å². The van der Waals surface area contributed by atoms with Crippen LogP contribution in [0, 0.1) is 11.8 Å². The van der Waals surface area contributed by atoms with Crippen molar-refractivity contribution in [2.75, 3.05) is 13.7 Å². The molecule has 0 heterocycles. The van der Waals surface area contributed by atoms with Crippen molar-refractivity contribution < 1.29 is 14.6 Å². The summed E-state index contributed by atoms with van der Waals surface area (Å²) in [7, 11) is 1.56. The minimum Gasteiger partial charge on any atom is -0.495 e. The maximum absolute atomic E-state index is 10.6. The summed E-state index contributed by atoms with van der Waals surface area (Å²) in [5.41, 5.74) is 1.47. The van der Waals surface area contributed by atoms with E-state index in [9.17, 15) is 4.79 Å². The van der Waals surface area contributed by atoms with Crippen LogP contribution in [-0.2, 0) is 11.4 Å². The van der Waals surface area contributed by atoms with Gasteiger partial charge in [-0.1, -0.05) is 17.9 Å². The third-order valence-corrected chi connectivity index (χ3v) is 2.10. The highest BCUT2D eigenvalue weighted by Crippen LogP contribution is 2.18. The van der Waals surface area contributed by atoms with E-state index >= 15 is 0 Å². The lowest BCUT2D eigenvalue weighted by Gasteiger charge is -2.04. The standard InChI is InChI=1S/C13H15NO3/c1-10(16)14-7-3-4-12-8-11(9-15)5-6-13(12)17-2/h5-6,8,15H,7,9H2,1-2H3,(H,14,16). The number of amides is 1. The maximum Gasteiger partial charge on any atom is 0.217 e. The number of rotatable bonds is 3. The lowest BCUT2D eigenvalue weighted by atomic mass is 10.1. The van der Waals surface area contributed by atoms with Crippen molar-refractivity contribution in [3.8, 4) is 17.6 Å². The number of nitrogens with one attached hydrogen (secondary N) is 1. The van der Waals surface area contributed by atoms with Crippen LogP contribution in [0.1, 0.15) is 18.1 Å². The van der Waals surface area contributed by atoms with Gasteiger partial charge in [0.1, 0.15) is 5.75 Å². The molecule has 4 nitrogen and oxygen atoms in total. The summed E-state index contributed by atoms with van der Waals surface area (Å²) < 4.78 is 5.15. The summed E-state index contributed by atoms with van der Waals surface area (Å²) in [6.45, 7) is 1.70. The number of aliphatic hydroxyl groups excluding tert-OH is 1. The highest BCUT2D eigenvalue weighted by Gasteiger charge is 2.00. The molecule has 2 N–H and O–H groups in total. The van der Waals surface area contributed by atoms with E-state index in [2.05, 4.69) is 17.2 Å². The monoisotopic (exact) mass is 233 g/mol. The molecule has 1 rings (SSSR count). The van der Waals surface area contributed by atoms with Crippen molar-refractivity contribution in [3.63, 3.8) is 0 Å². The van der Waals surface area contributed by atoms with Gasteiger partial charge in [-0.3, -0.25) is 4.79 Å². The molecule has 0 aliphatic heterocycles. The van der Waals surface area contributed by atoms with Crippen LogP contribution in [0.15, 0.2) is 18.2 Å². The first-order valence-corrected chi connectivity index (χ1v) is 5.18. The fourth-order valence-electron chi connectivity index (χ4n) is 1.26. The zero-order chi connectivity index (χ0) is 12.7. The van der Waals surface area contributed by atoms with Gasteiger partial charge in [-0.25, -0.2) is 0 Å². The van der Waals surface area contributed by atoms with E-state index in [1.807, 2.05) is 0 Å². The first-order chi connectivity index (χ1) is 8.17. The first kappa shape index (κ1) is 13.1. The Morgan fingerprint density at radius 2 is 2.29 bits per heavy atom. The molecule has 0 aromatic heterocycles. The van der Waals surface area contributed by atoms with Crippen LogP contribution in [0.2, 0.25) is 0 Å². The molecule has 0 radical (unpaired) electrons. The molecule has 1 amide bonds. The van der Waals surface area contributed by atoms with Crippen molar-refractivity contribution >= 4 is 5.91 Å². The van der Waals surface area contributed by atoms with Crippen molar-refractivity contribution in [2.45, 2.75) is 13.5 Å². The largest absolute Gasteiger partial charge is 0.495 e. The highest BCUT2D eigenvalue weighted by atomic mass is 16.5. The molecule has 0 aliphatic rings. The van der Waals surface area contributed by atoms with Crippen LogP contribution in [0.5, 0.6) is 5.75 Å². The van der Waals surface area contributed by atoms with Crippen LogP contribution in [0.3, 0.4) is 0 Å². The topological polar surface area (TPSA) is 58.6 Å². The number of methoxy groups -OCH3 is 1. The number of hydrogen-bond acceptors (Lipinski definition) is 3. The molecule has 0 spiro atoms. The highest BCUT2D eigenvalue weighted by molar-refractivity contribution is 5.73. The lowest BCUT2D eigenvalue weighted by Crippen LogP contribution is -2.19. The fraction of sp³-hybridized carbons (Fsp3) is 0.308. The minimum absolute atomic E-state index is 0.0373. The second kappa shape index (κ2) is 6.56. The smallest absolute Gasteiger partial charge is 0.217 e. The van der Waals surface area contributed by atoms with E-state index in [0.717, 1.165) is 5.56 Å². The Morgan fingerprint density at radius 1 is 1.53 bits per heavy atom. The number of carbonyl (C=O) groups excluding carboxylic acids is 1. The average Bonchev–Trinajstić information content (AvgIpc) is 2.34. The van der Waals surface area contributed by atoms with Gasteiger partial charge in [-0.15, -0.1) is 0 Å². The van der Waals surface area contributed by atoms with Gasteiger partial charge in [0.25, 0.3) is 0 Å².